The average molecular weight is 471 g/mol. The molecule has 10 heteroatoms. The number of nitriles is 1. The number of carboxylic acid groups (broad SMARTS) is 1. The largest absolute Gasteiger partial charge is 0.465 e. The van der Waals surface area contributed by atoms with Crippen LogP contribution in [0.15, 0.2) is 42.9 Å². The molecule has 0 saturated carbocycles. The zero-order valence-corrected chi connectivity index (χ0v) is 19.1. The Morgan fingerprint density at radius 2 is 2.11 bits per heavy atom. The van der Waals surface area contributed by atoms with E-state index >= 15 is 0 Å². The normalized spacial score (nSPS) is 17.5. The van der Waals surface area contributed by atoms with Crippen LogP contribution in [0.5, 0.6) is 0 Å². The molecule has 1 aliphatic rings. The van der Waals surface area contributed by atoms with Gasteiger partial charge in [-0.15, -0.1) is 0 Å². The van der Waals surface area contributed by atoms with Gasteiger partial charge in [-0.1, -0.05) is 0 Å². The van der Waals surface area contributed by atoms with Crippen molar-refractivity contribution in [1.29, 1.82) is 5.26 Å². The SMILES string of the molecule is Cc1cc(F)cc2[nH]c(-c3cnc(C#N)c(-c4ccncc4)c3N3CC[C@](C)(NC(=O)O)C3)nc12. The van der Waals surface area contributed by atoms with Gasteiger partial charge in [-0.05, 0) is 55.7 Å². The monoisotopic (exact) mass is 471 g/mol. The lowest BCUT2D eigenvalue weighted by atomic mass is 9.98. The molecule has 3 N–H and O–H groups in total. The number of nitrogens with one attached hydrogen (secondary N) is 2. The van der Waals surface area contributed by atoms with Crippen LogP contribution in [0, 0.1) is 24.1 Å². The van der Waals surface area contributed by atoms with Gasteiger partial charge in [0.05, 0.1) is 27.8 Å². The highest BCUT2D eigenvalue weighted by Crippen LogP contribution is 2.43. The number of rotatable bonds is 4. The minimum atomic E-state index is -1.09. The number of aryl methyl sites for hydroxylation is 1. The number of hydrogen-bond donors (Lipinski definition) is 3. The van der Waals surface area contributed by atoms with Crippen molar-refractivity contribution in [2.45, 2.75) is 25.8 Å². The van der Waals surface area contributed by atoms with Crippen LogP contribution >= 0.6 is 0 Å². The second-order valence-electron chi connectivity index (χ2n) is 8.96. The van der Waals surface area contributed by atoms with Gasteiger partial charge in [-0.25, -0.2) is 19.2 Å². The number of nitrogens with zero attached hydrogens (tertiary/aromatic N) is 5. The van der Waals surface area contributed by atoms with E-state index in [2.05, 4.69) is 26.3 Å². The Morgan fingerprint density at radius 1 is 1.34 bits per heavy atom. The molecule has 0 bridgehead atoms. The summed E-state index contributed by atoms with van der Waals surface area (Å²) in [6.07, 6.45) is 4.35. The molecule has 3 aromatic heterocycles. The summed E-state index contributed by atoms with van der Waals surface area (Å²) in [7, 11) is 0. The van der Waals surface area contributed by atoms with Crippen molar-refractivity contribution in [1.82, 2.24) is 25.3 Å². The summed E-state index contributed by atoms with van der Waals surface area (Å²) in [5.74, 6) is 0.117. The minimum Gasteiger partial charge on any atom is -0.465 e. The van der Waals surface area contributed by atoms with Crippen molar-refractivity contribution in [2.24, 2.45) is 0 Å². The fraction of sp³-hybridized carbons (Fsp3) is 0.240. The second-order valence-corrected chi connectivity index (χ2v) is 8.96. The zero-order valence-electron chi connectivity index (χ0n) is 19.1. The predicted octanol–water partition coefficient (Wildman–Crippen LogP) is 4.24. The Balaban J connectivity index is 1.75. The van der Waals surface area contributed by atoms with Crippen molar-refractivity contribution in [3.63, 3.8) is 0 Å². The number of hydrogen-bond acceptors (Lipinski definition) is 6. The summed E-state index contributed by atoms with van der Waals surface area (Å²) in [6, 6.07) is 8.60. The molecule has 4 heterocycles. The van der Waals surface area contributed by atoms with E-state index in [1.165, 1.54) is 12.1 Å². The quantitative estimate of drug-likeness (QED) is 0.406. The third-order valence-corrected chi connectivity index (χ3v) is 6.32. The van der Waals surface area contributed by atoms with E-state index in [4.69, 9.17) is 4.98 Å². The molecule has 176 valence electrons. The summed E-state index contributed by atoms with van der Waals surface area (Å²) in [4.78, 5) is 29.9. The van der Waals surface area contributed by atoms with Crippen LogP contribution in [0.3, 0.4) is 0 Å². The van der Waals surface area contributed by atoms with E-state index < -0.39 is 11.6 Å². The molecule has 35 heavy (non-hydrogen) atoms. The van der Waals surface area contributed by atoms with Crippen molar-refractivity contribution >= 4 is 22.8 Å². The molecular formula is C25H22FN7O2. The number of aromatic nitrogens is 4. The molecular weight excluding hydrogens is 449 g/mol. The smallest absolute Gasteiger partial charge is 0.405 e. The minimum absolute atomic E-state index is 0.230. The maximum atomic E-state index is 14.0. The van der Waals surface area contributed by atoms with Gasteiger partial charge in [0.25, 0.3) is 0 Å². The van der Waals surface area contributed by atoms with Crippen LogP contribution in [-0.4, -0.2) is 49.8 Å². The third kappa shape index (κ3) is 4.01. The fourth-order valence-corrected chi connectivity index (χ4v) is 4.77. The summed E-state index contributed by atoms with van der Waals surface area (Å²) in [6.45, 7) is 4.57. The van der Waals surface area contributed by atoms with E-state index in [0.29, 0.717) is 58.7 Å². The van der Waals surface area contributed by atoms with Gasteiger partial charge < -0.3 is 20.3 Å². The van der Waals surface area contributed by atoms with Gasteiger partial charge in [-0.2, -0.15) is 5.26 Å². The molecule has 5 rings (SSSR count). The molecule has 4 aromatic rings. The van der Waals surface area contributed by atoms with E-state index in [1.54, 1.807) is 37.6 Å². The van der Waals surface area contributed by atoms with Gasteiger partial charge in [0.1, 0.15) is 23.4 Å². The number of carbonyl (C=O) groups is 1. The Morgan fingerprint density at radius 3 is 2.83 bits per heavy atom. The lowest BCUT2D eigenvalue weighted by molar-refractivity contribution is 0.182. The maximum absolute atomic E-state index is 14.0. The van der Waals surface area contributed by atoms with Crippen LogP contribution in [0.4, 0.5) is 14.9 Å². The molecule has 1 aromatic carbocycles. The van der Waals surface area contributed by atoms with Crippen molar-refractivity contribution < 1.29 is 14.3 Å². The van der Waals surface area contributed by atoms with Crippen molar-refractivity contribution in [3.05, 3.63) is 59.9 Å². The number of amides is 1. The van der Waals surface area contributed by atoms with Crippen LogP contribution in [0.1, 0.15) is 24.6 Å². The summed E-state index contributed by atoms with van der Waals surface area (Å²) < 4.78 is 14.0. The highest BCUT2D eigenvalue weighted by Gasteiger charge is 2.38. The number of H-pyrrole nitrogens is 1. The molecule has 1 aliphatic heterocycles. The van der Waals surface area contributed by atoms with Gasteiger partial charge in [0.15, 0.2) is 0 Å². The van der Waals surface area contributed by atoms with Gasteiger partial charge in [-0.3, -0.25) is 4.98 Å². The Hall–Kier alpha value is -4.52. The first-order valence-electron chi connectivity index (χ1n) is 11.0. The Kier molecular flexibility index (Phi) is 5.32. The molecule has 0 unspecified atom stereocenters. The number of benzene rings is 1. The highest BCUT2D eigenvalue weighted by molar-refractivity contribution is 5.93. The predicted molar refractivity (Wildman–Crippen MR) is 128 cm³/mol. The first-order chi connectivity index (χ1) is 16.8. The summed E-state index contributed by atoms with van der Waals surface area (Å²) >= 11 is 0. The fourth-order valence-electron chi connectivity index (χ4n) is 4.77. The van der Waals surface area contributed by atoms with Crippen LogP contribution < -0.4 is 10.2 Å². The number of halogens is 1. The molecule has 1 amide bonds. The van der Waals surface area contributed by atoms with Crippen LogP contribution in [0.25, 0.3) is 33.5 Å². The highest BCUT2D eigenvalue weighted by atomic mass is 19.1. The molecule has 1 atom stereocenters. The lowest BCUT2D eigenvalue weighted by Crippen LogP contribution is -2.47. The van der Waals surface area contributed by atoms with E-state index in [1.807, 2.05) is 11.8 Å². The Bertz CT molecular complexity index is 1500. The number of pyridine rings is 2. The zero-order chi connectivity index (χ0) is 24.7. The van der Waals surface area contributed by atoms with Gasteiger partial charge in [0.2, 0.25) is 0 Å². The molecule has 0 aliphatic carbocycles. The second kappa shape index (κ2) is 8.36. The third-order valence-electron chi connectivity index (χ3n) is 6.32. The van der Waals surface area contributed by atoms with Crippen molar-refractivity contribution in [2.75, 3.05) is 18.0 Å². The van der Waals surface area contributed by atoms with Crippen LogP contribution in [0.2, 0.25) is 0 Å². The van der Waals surface area contributed by atoms with Crippen LogP contribution in [-0.2, 0) is 0 Å². The first-order valence-corrected chi connectivity index (χ1v) is 11.0. The molecule has 9 nitrogen and oxygen atoms in total. The maximum Gasteiger partial charge on any atom is 0.405 e. The number of anilines is 1. The summed E-state index contributed by atoms with van der Waals surface area (Å²) in [5.41, 5.74) is 4.13. The number of aromatic amines is 1. The molecule has 1 fully saturated rings. The standard InChI is InChI=1S/C25H22FN7O2/c1-14-9-16(26)10-18-21(14)31-23(30-18)17-12-29-19(11-27)20(15-3-6-28-7-4-15)22(17)33-8-5-25(2,13-33)32-24(34)35/h3-4,6-7,9-10,12,32H,5,8,13H2,1-2H3,(H,30,31)(H,34,35)/t25-/m0/s1. The number of imidazole rings is 1. The van der Waals surface area contributed by atoms with E-state index in [-0.39, 0.29) is 11.5 Å². The summed E-state index contributed by atoms with van der Waals surface area (Å²) in [5, 5.41) is 21.9. The number of fused-ring (bicyclic) bond motifs is 1. The average Bonchev–Trinajstić information content (AvgIpc) is 3.42. The van der Waals surface area contributed by atoms with Gasteiger partial charge in [0, 0.05) is 37.2 Å². The van der Waals surface area contributed by atoms with Crippen molar-refractivity contribution in [3.8, 4) is 28.6 Å². The molecule has 1 saturated heterocycles. The van der Waals surface area contributed by atoms with Gasteiger partial charge >= 0.3 is 6.09 Å². The lowest BCUT2D eigenvalue weighted by Gasteiger charge is -2.28. The topological polar surface area (TPSA) is 131 Å². The first kappa shape index (κ1) is 22.3. The Labute approximate surface area is 200 Å². The van der Waals surface area contributed by atoms with E-state index in [0.717, 1.165) is 5.56 Å². The van der Waals surface area contributed by atoms with E-state index in [9.17, 15) is 19.6 Å². The molecule has 0 radical (unpaired) electrons. The molecule has 0 spiro atoms.